The first-order chi connectivity index (χ1) is 8.49. The Kier molecular flexibility index (Phi) is 4.71. The summed E-state index contributed by atoms with van der Waals surface area (Å²) in [6.07, 6.45) is 0.968. The average molecular weight is 250 g/mol. The van der Waals surface area contributed by atoms with Gasteiger partial charge in [-0.15, -0.1) is 0 Å². The molecule has 0 unspecified atom stereocenters. The second kappa shape index (κ2) is 6.05. The maximum Gasteiger partial charge on any atom is 0.305 e. The van der Waals surface area contributed by atoms with Gasteiger partial charge in [0.2, 0.25) is 0 Å². The van der Waals surface area contributed by atoms with Crippen LogP contribution < -0.4 is 5.73 Å². The number of hydrogen-bond acceptors (Lipinski definition) is 4. The molecular formula is C13H18N2O3. The van der Waals surface area contributed by atoms with Crippen molar-refractivity contribution >= 4 is 11.8 Å². The van der Waals surface area contributed by atoms with E-state index >= 15 is 0 Å². The third kappa shape index (κ3) is 3.23. The van der Waals surface area contributed by atoms with Crippen molar-refractivity contribution in [2.75, 3.05) is 7.11 Å². The number of carbonyl (C=O) groups is 1. The van der Waals surface area contributed by atoms with E-state index in [1.165, 1.54) is 7.11 Å². The van der Waals surface area contributed by atoms with E-state index in [1.54, 1.807) is 0 Å². The molecule has 5 nitrogen and oxygen atoms in total. The Labute approximate surface area is 106 Å². The van der Waals surface area contributed by atoms with E-state index in [0.717, 1.165) is 16.7 Å². The van der Waals surface area contributed by atoms with Gasteiger partial charge in [0.15, 0.2) is 5.84 Å². The SMILES string of the molecule is COC(=O)CCc1cc(C)c(/C(N)=N/O)cc1C. The molecule has 0 saturated heterocycles. The highest BCUT2D eigenvalue weighted by molar-refractivity contribution is 5.98. The summed E-state index contributed by atoms with van der Waals surface area (Å²) in [4.78, 5) is 11.1. The van der Waals surface area contributed by atoms with Gasteiger partial charge in [-0.3, -0.25) is 4.79 Å². The Balaban J connectivity index is 2.97. The molecule has 5 heteroatoms. The van der Waals surface area contributed by atoms with E-state index in [0.29, 0.717) is 18.4 Å². The van der Waals surface area contributed by atoms with Crippen LogP contribution in [0.4, 0.5) is 0 Å². The number of oxime groups is 1. The zero-order valence-electron chi connectivity index (χ0n) is 10.9. The van der Waals surface area contributed by atoms with Gasteiger partial charge in [-0.2, -0.15) is 0 Å². The first-order valence-corrected chi connectivity index (χ1v) is 5.64. The highest BCUT2D eigenvalue weighted by Gasteiger charge is 2.09. The summed E-state index contributed by atoms with van der Waals surface area (Å²) in [7, 11) is 1.38. The summed E-state index contributed by atoms with van der Waals surface area (Å²) in [6, 6.07) is 3.81. The van der Waals surface area contributed by atoms with Crippen molar-refractivity contribution in [1.29, 1.82) is 0 Å². The third-order valence-electron chi connectivity index (χ3n) is 2.89. The van der Waals surface area contributed by atoms with E-state index in [9.17, 15) is 4.79 Å². The fourth-order valence-corrected chi connectivity index (χ4v) is 1.81. The molecule has 0 fully saturated rings. The highest BCUT2D eigenvalue weighted by Crippen LogP contribution is 2.17. The molecule has 0 aliphatic carbocycles. The molecule has 0 heterocycles. The van der Waals surface area contributed by atoms with Crippen LogP contribution in [-0.4, -0.2) is 24.1 Å². The number of carbonyl (C=O) groups excluding carboxylic acids is 1. The minimum Gasteiger partial charge on any atom is -0.469 e. The lowest BCUT2D eigenvalue weighted by Crippen LogP contribution is -2.15. The van der Waals surface area contributed by atoms with Gasteiger partial charge in [0.1, 0.15) is 0 Å². The number of methoxy groups -OCH3 is 1. The van der Waals surface area contributed by atoms with Crippen molar-refractivity contribution in [2.45, 2.75) is 26.7 Å². The van der Waals surface area contributed by atoms with Crippen molar-refractivity contribution in [3.05, 3.63) is 34.4 Å². The number of nitrogens with two attached hydrogens (primary N) is 1. The van der Waals surface area contributed by atoms with E-state index in [1.807, 2.05) is 26.0 Å². The van der Waals surface area contributed by atoms with Gasteiger partial charge in [0.25, 0.3) is 0 Å². The van der Waals surface area contributed by atoms with Crippen LogP contribution in [0.25, 0.3) is 0 Å². The summed E-state index contributed by atoms with van der Waals surface area (Å²) in [5, 5.41) is 11.7. The third-order valence-corrected chi connectivity index (χ3v) is 2.89. The van der Waals surface area contributed by atoms with E-state index < -0.39 is 0 Å². The number of amidine groups is 1. The average Bonchev–Trinajstić information content (AvgIpc) is 2.37. The molecule has 0 atom stereocenters. The number of nitrogens with zero attached hydrogens (tertiary/aromatic N) is 1. The Morgan fingerprint density at radius 2 is 2.06 bits per heavy atom. The number of rotatable bonds is 4. The number of esters is 1. The Morgan fingerprint density at radius 1 is 1.39 bits per heavy atom. The molecule has 0 bridgehead atoms. The molecule has 98 valence electrons. The summed E-state index contributed by atoms with van der Waals surface area (Å²) >= 11 is 0. The Hall–Kier alpha value is -2.04. The molecule has 0 radical (unpaired) electrons. The van der Waals surface area contributed by atoms with Crippen molar-refractivity contribution in [3.8, 4) is 0 Å². The summed E-state index contributed by atoms with van der Waals surface area (Å²) < 4.78 is 4.61. The molecule has 1 rings (SSSR count). The van der Waals surface area contributed by atoms with Crippen LogP contribution in [0.3, 0.4) is 0 Å². The molecule has 18 heavy (non-hydrogen) atoms. The minimum absolute atomic E-state index is 0.0927. The summed E-state index contributed by atoms with van der Waals surface area (Å²) in [5.41, 5.74) is 9.27. The lowest BCUT2D eigenvalue weighted by molar-refractivity contribution is -0.140. The van der Waals surface area contributed by atoms with E-state index in [4.69, 9.17) is 10.9 Å². The molecule has 0 aliphatic rings. The molecule has 3 N–H and O–H groups in total. The van der Waals surface area contributed by atoms with Gasteiger partial charge < -0.3 is 15.7 Å². The molecule has 0 aliphatic heterocycles. The van der Waals surface area contributed by atoms with Gasteiger partial charge >= 0.3 is 5.97 Å². The van der Waals surface area contributed by atoms with E-state index in [-0.39, 0.29) is 11.8 Å². The van der Waals surface area contributed by atoms with Gasteiger partial charge in [-0.1, -0.05) is 11.2 Å². The molecule has 1 aromatic carbocycles. The van der Waals surface area contributed by atoms with Crippen LogP contribution in [0, 0.1) is 13.8 Å². The number of hydrogen-bond donors (Lipinski definition) is 2. The Bertz CT molecular complexity index is 481. The fourth-order valence-electron chi connectivity index (χ4n) is 1.81. The quantitative estimate of drug-likeness (QED) is 0.279. The topological polar surface area (TPSA) is 84.9 Å². The number of ether oxygens (including phenoxy) is 1. The van der Waals surface area contributed by atoms with Gasteiger partial charge in [0.05, 0.1) is 7.11 Å². The first kappa shape index (κ1) is 14.0. The second-order valence-electron chi connectivity index (χ2n) is 4.15. The van der Waals surface area contributed by atoms with E-state index in [2.05, 4.69) is 9.89 Å². The van der Waals surface area contributed by atoms with Crippen LogP contribution in [0.15, 0.2) is 17.3 Å². The van der Waals surface area contributed by atoms with Crippen molar-refractivity contribution in [1.82, 2.24) is 0 Å². The lowest BCUT2D eigenvalue weighted by atomic mass is 9.96. The van der Waals surface area contributed by atoms with Crippen molar-refractivity contribution in [2.24, 2.45) is 10.9 Å². The maximum atomic E-state index is 11.1. The summed E-state index contributed by atoms with van der Waals surface area (Å²) in [5.74, 6) is -0.136. The standard InChI is InChI=1S/C13H18N2O3/c1-8-7-11(13(14)15-17)9(2)6-10(8)4-5-12(16)18-3/h6-7,17H,4-5H2,1-3H3,(H2,14,15). The van der Waals surface area contributed by atoms with Crippen LogP contribution in [-0.2, 0) is 16.0 Å². The van der Waals surface area contributed by atoms with Crippen LogP contribution in [0.1, 0.15) is 28.7 Å². The monoisotopic (exact) mass is 250 g/mol. The molecular weight excluding hydrogens is 232 g/mol. The predicted octanol–water partition coefficient (Wildman–Crippen LogP) is 1.50. The van der Waals surface area contributed by atoms with Crippen LogP contribution >= 0.6 is 0 Å². The molecule has 0 amide bonds. The largest absolute Gasteiger partial charge is 0.469 e. The lowest BCUT2D eigenvalue weighted by Gasteiger charge is -2.11. The number of aryl methyl sites for hydroxylation is 3. The maximum absolute atomic E-state index is 11.1. The van der Waals surface area contributed by atoms with Gasteiger partial charge in [-0.05, 0) is 43.0 Å². The fraction of sp³-hybridized carbons (Fsp3) is 0.385. The van der Waals surface area contributed by atoms with Crippen molar-refractivity contribution < 1.29 is 14.7 Å². The number of benzene rings is 1. The molecule has 0 saturated carbocycles. The predicted molar refractivity (Wildman–Crippen MR) is 68.8 cm³/mol. The van der Waals surface area contributed by atoms with Crippen LogP contribution in [0.2, 0.25) is 0 Å². The Morgan fingerprint density at radius 3 is 2.61 bits per heavy atom. The molecule has 0 spiro atoms. The van der Waals surface area contributed by atoms with Crippen LogP contribution in [0.5, 0.6) is 0 Å². The minimum atomic E-state index is -0.229. The molecule has 1 aromatic rings. The van der Waals surface area contributed by atoms with Gasteiger partial charge in [-0.25, -0.2) is 0 Å². The zero-order chi connectivity index (χ0) is 13.7. The zero-order valence-corrected chi connectivity index (χ0v) is 10.9. The first-order valence-electron chi connectivity index (χ1n) is 5.64. The highest BCUT2D eigenvalue weighted by atomic mass is 16.5. The second-order valence-corrected chi connectivity index (χ2v) is 4.15. The van der Waals surface area contributed by atoms with Crippen molar-refractivity contribution in [3.63, 3.8) is 0 Å². The summed E-state index contributed by atoms with van der Waals surface area (Å²) in [6.45, 7) is 3.81. The smallest absolute Gasteiger partial charge is 0.305 e. The van der Waals surface area contributed by atoms with Gasteiger partial charge in [0, 0.05) is 12.0 Å². The molecule has 0 aromatic heterocycles. The normalized spacial score (nSPS) is 11.4.